The Labute approximate surface area is 325 Å². The number of carbonyl (C=O) groups excluding carboxylic acids is 2. The summed E-state index contributed by atoms with van der Waals surface area (Å²) in [4.78, 5) is 34.8. The largest absolute Gasteiger partial charge is 0.472 e. The van der Waals surface area contributed by atoms with E-state index in [1.54, 1.807) is 0 Å². The Morgan fingerprint density at radius 1 is 0.547 bits per heavy atom. The summed E-state index contributed by atoms with van der Waals surface area (Å²) < 4.78 is 32.7. The zero-order valence-corrected chi connectivity index (χ0v) is 35.2. The van der Waals surface area contributed by atoms with Crippen LogP contribution in [0.4, 0.5) is 0 Å². The van der Waals surface area contributed by atoms with Crippen molar-refractivity contribution in [1.29, 1.82) is 0 Å². The van der Waals surface area contributed by atoms with Gasteiger partial charge in [-0.15, -0.1) is 0 Å². The average molecular weight is 772 g/mol. The summed E-state index contributed by atoms with van der Waals surface area (Å²) in [5.41, 5.74) is 5.34. The highest BCUT2D eigenvalue weighted by atomic mass is 31.2. The van der Waals surface area contributed by atoms with E-state index in [4.69, 9.17) is 24.3 Å². The first-order valence-corrected chi connectivity index (χ1v) is 23.3. The molecular weight excluding hydrogens is 689 g/mol. The topological polar surface area (TPSA) is 134 Å². The third-order valence-electron chi connectivity index (χ3n) is 9.32. The van der Waals surface area contributed by atoms with Gasteiger partial charge in [0.25, 0.3) is 0 Å². The number of ether oxygens (including phenoxy) is 2. The molecule has 0 bridgehead atoms. The molecule has 0 rings (SSSR count). The molecule has 9 nitrogen and oxygen atoms in total. The summed E-state index contributed by atoms with van der Waals surface area (Å²) in [6.45, 7) is 3.69. The van der Waals surface area contributed by atoms with Crippen LogP contribution in [0.5, 0.6) is 0 Å². The molecular formula is C43H82NO8P. The van der Waals surface area contributed by atoms with E-state index >= 15 is 0 Å². The van der Waals surface area contributed by atoms with Crippen molar-refractivity contribution in [3.8, 4) is 0 Å². The van der Waals surface area contributed by atoms with E-state index in [2.05, 4.69) is 32.1 Å². The highest BCUT2D eigenvalue weighted by Crippen LogP contribution is 2.43. The van der Waals surface area contributed by atoms with Crippen LogP contribution < -0.4 is 5.73 Å². The summed E-state index contributed by atoms with van der Waals surface area (Å²) in [6.07, 6.45) is 42.2. The van der Waals surface area contributed by atoms with Gasteiger partial charge in [-0.05, 0) is 51.4 Å². The number of unbranched alkanes of at least 4 members (excludes halogenated alkanes) is 24. The van der Waals surface area contributed by atoms with E-state index in [9.17, 15) is 19.0 Å². The normalized spacial score (nSPS) is 13.5. The van der Waals surface area contributed by atoms with E-state index in [1.807, 2.05) is 6.08 Å². The van der Waals surface area contributed by atoms with Gasteiger partial charge in [0.2, 0.25) is 0 Å². The molecule has 1 unspecified atom stereocenters. The van der Waals surface area contributed by atoms with E-state index in [0.717, 1.165) is 32.1 Å². The summed E-state index contributed by atoms with van der Waals surface area (Å²) in [5, 5.41) is 0. The molecule has 312 valence electrons. The van der Waals surface area contributed by atoms with Crippen molar-refractivity contribution in [2.75, 3.05) is 26.4 Å². The van der Waals surface area contributed by atoms with Crippen LogP contribution in [0.25, 0.3) is 0 Å². The minimum absolute atomic E-state index is 0.0505. The lowest BCUT2D eigenvalue weighted by Crippen LogP contribution is -2.29. The van der Waals surface area contributed by atoms with Crippen LogP contribution >= 0.6 is 7.82 Å². The maximum atomic E-state index is 12.6. The zero-order valence-electron chi connectivity index (χ0n) is 34.3. The summed E-state index contributed by atoms with van der Waals surface area (Å²) in [7, 11) is -4.38. The Kier molecular flexibility index (Phi) is 39.0. The SMILES string of the molecule is CCCCCC/C=C/CCCCCCCCCCCC(=O)O[C@H](COC(=O)CC/C=C/CCCCCCCCCCCCC)COP(=O)(O)OCCN. The predicted octanol–water partition coefficient (Wildman–Crippen LogP) is 12.4. The average Bonchev–Trinajstić information content (AvgIpc) is 3.14. The van der Waals surface area contributed by atoms with Gasteiger partial charge in [0, 0.05) is 19.4 Å². The van der Waals surface area contributed by atoms with Crippen molar-refractivity contribution in [1.82, 2.24) is 0 Å². The summed E-state index contributed by atoms with van der Waals surface area (Å²) >= 11 is 0. The second kappa shape index (κ2) is 40.2. The van der Waals surface area contributed by atoms with Crippen molar-refractivity contribution in [3.05, 3.63) is 24.3 Å². The molecule has 10 heteroatoms. The van der Waals surface area contributed by atoms with Crippen molar-refractivity contribution in [2.45, 2.75) is 213 Å². The Bertz CT molecular complexity index is 928. The van der Waals surface area contributed by atoms with Gasteiger partial charge in [-0.3, -0.25) is 18.6 Å². The maximum absolute atomic E-state index is 12.6. The number of hydrogen-bond acceptors (Lipinski definition) is 8. The van der Waals surface area contributed by atoms with E-state index in [-0.39, 0.29) is 32.6 Å². The van der Waals surface area contributed by atoms with Gasteiger partial charge >= 0.3 is 19.8 Å². The van der Waals surface area contributed by atoms with Gasteiger partial charge < -0.3 is 20.1 Å². The number of esters is 2. The Balaban J connectivity index is 4.17. The van der Waals surface area contributed by atoms with Gasteiger partial charge in [-0.25, -0.2) is 4.57 Å². The number of phosphoric ester groups is 1. The molecule has 0 aliphatic rings. The van der Waals surface area contributed by atoms with Crippen molar-refractivity contribution in [2.24, 2.45) is 5.73 Å². The highest BCUT2D eigenvalue weighted by Gasteiger charge is 2.25. The summed E-state index contributed by atoms with van der Waals surface area (Å²) in [5.74, 6) is -0.882. The molecule has 0 amide bonds. The molecule has 53 heavy (non-hydrogen) atoms. The predicted molar refractivity (Wildman–Crippen MR) is 220 cm³/mol. The lowest BCUT2D eigenvalue weighted by atomic mass is 10.1. The molecule has 0 aliphatic carbocycles. The molecule has 0 saturated carbocycles. The second-order valence-electron chi connectivity index (χ2n) is 14.6. The molecule has 0 saturated heterocycles. The number of nitrogens with two attached hydrogens (primary N) is 1. The molecule has 0 aromatic rings. The van der Waals surface area contributed by atoms with E-state index in [1.165, 1.54) is 135 Å². The molecule has 0 spiro atoms. The quantitative estimate of drug-likeness (QED) is 0.0269. The first kappa shape index (κ1) is 51.5. The van der Waals surface area contributed by atoms with Crippen molar-refractivity contribution >= 4 is 19.8 Å². The van der Waals surface area contributed by atoms with Gasteiger partial charge in [0.1, 0.15) is 6.61 Å². The Morgan fingerprint density at radius 2 is 0.962 bits per heavy atom. The van der Waals surface area contributed by atoms with Gasteiger partial charge in [0.15, 0.2) is 6.10 Å². The minimum Gasteiger partial charge on any atom is -0.462 e. The number of allylic oxidation sites excluding steroid dienone is 4. The van der Waals surface area contributed by atoms with E-state index < -0.39 is 32.5 Å². The van der Waals surface area contributed by atoms with Crippen LogP contribution in [-0.2, 0) is 32.7 Å². The van der Waals surface area contributed by atoms with Crippen LogP contribution in [0.3, 0.4) is 0 Å². The Hall–Kier alpha value is -1.51. The zero-order chi connectivity index (χ0) is 38.9. The van der Waals surface area contributed by atoms with Crippen molar-refractivity contribution < 1.29 is 37.6 Å². The third-order valence-corrected chi connectivity index (χ3v) is 10.3. The lowest BCUT2D eigenvalue weighted by molar-refractivity contribution is -0.161. The molecule has 3 N–H and O–H groups in total. The number of rotatable bonds is 41. The fraction of sp³-hybridized carbons (Fsp3) is 0.860. The maximum Gasteiger partial charge on any atom is 0.472 e. The Morgan fingerprint density at radius 3 is 1.43 bits per heavy atom. The van der Waals surface area contributed by atoms with Gasteiger partial charge in [-0.1, -0.05) is 167 Å². The van der Waals surface area contributed by atoms with Crippen LogP contribution in [-0.4, -0.2) is 49.3 Å². The minimum atomic E-state index is -4.38. The van der Waals surface area contributed by atoms with Crippen LogP contribution in [0, 0.1) is 0 Å². The standard InChI is InChI=1S/C43H82NO8P/c1-3-5-7-9-11-13-15-17-19-20-22-24-26-28-30-32-34-36-43(46)52-41(40-51-53(47,48)50-38-37-44)39-49-42(45)35-33-31-29-27-25-23-21-18-16-14-12-10-8-6-4-2/h13,15,29,31,41H,3-12,14,16-28,30,32-40,44H2,1-2H3,(H,47,48)/b15-13+,31-29+/t41-/m1/s1. The lowest BCUT2D eigenvalue weighted by Gasteiger charge is -2.19. The number of hydrogen-bond donors (Lipinski definition) is 2. The first-order chi connectivity index (χ1) is 25.8. The fourth-order valence-corrected chi connectivity index (χ4v) is 6.82. The van der Waals surface area contributed by atoms with Crippen molar-refractivity contribution in [3.63, 3.8) is 0 Å². The molecule has 0 aromatic heterocycles. The molecule has 0 aromatic carbocycles. The van der Waals surface area contributed by atoms with Gasteiger partial charge in [0.05, 0.1) is 13.2 Å². The third kappa shape index (κ3) is 40.0. The van der Waals surface area contributed by atoms with Gasteiger partial charge in [-0.2, -0.15) is 0 Å². The molecule has 0 heterocycles. The first-order valence-electron chi connectivity index (χ1n) is 21.8. The smallest absolute Gasteiger partial charge is 0.462 e. The van der Waals surface area contributed by atoms with E-state index in [0.29, 0.717) is 12.8 Å². The molecule has 2 atom stereocenters. The summed E-state index contributed by atoms with van der Waals surface area (Å²) in [6, 6.07) is 0. The second-order valence-corrected chi connectivity index (χ2v) is 16.0. The highest BCUT2D eigenvalue weighted by molar-refractivity contribution is 7.47. The van der Waals surface area contributed by atoms with Crippen LogP contribution in [0.1, 0.15) is 206 Å². The number of carbonyl (C=O) groups is 2. The molecule has 0 fully saturated rings. The number of phosphoric acid groups is 1. The fourth-order valence-electron chi connectivity index (χ4n) is 6.06. The van der Waals surface area contributed by atoms with Crippen LogP contribution in [0.15, 0.2) is 24.3 Å². The monoisotopic (exact) mass is 772 g/mol. The molecule has 0 radical (unpaired) electrons. The van der Waals surface area contributed by atoms with Crippen LogP contribution in [0.2, 0.25) is 0 Å². The molecule has 0 aliphatic heterocycles.